The van der Waals surface area contributed by atoms with Gasteiger partial charge < -0.3 is 19.5 Å². The van der Waals surface area contributed by atoms with E-state index in [9.17, 15) is 14.4 Å². The minimum atomic E-state index is -0.784. The summed E-state index contributed by atoms with van der Waals surface area (Å²) < 4.78 is 15.8. The normalized spacial score (nSPS) is 10.6. The van der Waals surface area contributed by atoms with Crippen LogP contribution in [-0.4, -0.2) is 44.3 Å². The first kappa shape index (κ1) is 23.6. The molecule has 0 radical (unpaired) electrons. The number of rotatable bonds is 9. The van der Waals surface area contributed by atoms with Crippen molar-refractivity contribution in [2.75, 3.05) is 20.3 Å². The van der Waals surface area contributed by atoms with Crippen LogP contribution in [0.5, 0.6) is 11.5 Å². The second-order valence-corrected chi connectivity index (χ2v) is 7.18. The second-order valence-electron chi connectivity index (χ2n) is 6.77. The highest BCUT2D eigenvalue weighted by Crippen LogP contribution is 2.36. The maximum Gasteiger partial charge on any atom is 0.338 e. The molecular formula is C19H27ClN2O6. The van der Waals surface area contributed by atoms with Crippen LogP contribution in [0, 0.1) is 5.92 Å². The first-order valence-corrected chi connectivity index (χ1v) is 9.29. The number of amides is 3. The number of benzene rings is 1. The van der Waals surface area contributed by atoms with Gasteiger partial charge in [-0.3, -0.25) is 10.1 Å². The van der Waals surface area contributed by atoms with Gasteiger partial charge in [0.2, 0.25) is 0 Å². The van der Waals surface area contributed by atoms with Crippen LogP contribution in [0.3, 0.4) is 0 Å². The minimum Gasteiger partial charge on any atom is -0.493 e. The Morgan fingerprint density at radius 1 is 1.14 bits per heavy atom. The molecule has 0 bridgehead atoms. The molecule has 9 heteroatoms. The Hall–Kier alpha value is -2.48. The van der Waals surface area contributed by atoms with Crippen LogP contribution in [0.15, 0.2) is 12.1 Å². The van der Waals surface area contributed by atoms with Crippen molar-refractivity contribution in [3.05, 3.63) is 22.7 Å². The Morgan fingerprint density at radius 2 is 1.82 bits per heavy atom. The third-order valence-corrected chi connectivity index (χ3v) is 3.69. The molecule has 0 aromatic heterocycles. The molecule has 0 saturated heterocycles. The molecule has 1 aromatic rings. The number of urea groups is 1. The van der Waals surface area contributed by atoms with Gasteiger partial charge in [0.15, 0.2) is 18.1 Å². The van der Waals surface area contributed by atoms with Crippen molar-refractivity contribution in [3.63, 3.8) is 0 Å². The summed E-state index contributed by atoms with van der Waals surface area (Å²) in [5.41, 5.74) is 0.0949. The summed E-state index contributed by atoms with van der Waals surface area (Å²) in [7, 11) is 1.43. The largest absolute Gasteiger partial charge is 0.493 e. The maximum absolute atomic E-state index is 12.2. The summed E-state index contributed by atoms with van der Waals surface area (Å²) in [5.74, 6) is -0.451. The zero-order valence-electron chi connectivity index (χ0n) is 16.8. The van der Waals surface area contributed by atoms with E-state index >= 15 is 0 Å². The predicted molar refractivity (Wildman–Crippen MR) is 105 cm³/mol. The SMILES string of the molecule is COc1cc(C(=O)OCC(=O)NC(=O)NC(C)C)cc(Cl)c1OCCC(C)C. The number of hydrogen-bond donors (Lipinski definition) is 2. The van der Waals surface area contributed by atoms with E-state index in [-0.39, 0.29) is 22.4 Å². The molecule has 0 unspecified atom stereocenters. The number of carbonyl (C=O) groups is 3. The lowest BCUT2D eigenvalue weighted by Crippen LogP contribution is -2.44. The summed E-state index contributed by atoms with van der Waals surface area (Å²) in [6.07, 6.45) is 0.836. The van der Waals surface area contributed by atoms with E-state index in [4.69, 9.17) is 25.8 Å². The summed E-state index contributed by atoms with van der Waals surface area (Å²) in [6.45, 7) is 7.48. The molecule has 1 aromatic carbocycles. The lowest BCUT2D eigenvalue weighted by molar-refractivity contribution is -0.123. The zero-order valence-corrected chi connectivity index (χ0v) is 17.5. The Bertz CT molecular complexity index is 706. The molecule has 1 rings (SSSR count). The predicted octanol–water partition coefficient (Wildman–Crippen LogP) is 3.16. The van der Waals surface area contributed by atoms with E-state index in [2.05, 4.69) is 24.5 Å². The number of carbonyl (C=O) groups excluding carboxylic acids is 3. The molecule has 3 amide bonds. The monoisotopic (exact) mass is 414 g/mol. The Labute approximate surface area is 169 Å². The Morgan fingerprint density at radius 3 is 2.39 bits per heavy atom. The minimum absolute atomic E-state index is 0.0949. The standard InChI is InChI=1S/C19H27ClN2O6/c1-11(2)6-7-27-17-14(20)8-13(9-15(17)26-5)18(24)28-10-16(23)22-19(25)21-12(3)4/h8-9,11-12H,6-7,10H2,1-5H3,(H2,21,22,23,25). The van der Waals surface area contributed by atoms with Crippen LogP contribution in [0.2, 0.25) is 5.02 Å². The van der Waals surface area contributed by atoms with Gasteiger partial charge in [-0.25, -0.2) is 9.59 Å². The third-order valence-electron chi connectivity index (χ3n) is 3.41. The molecular weight excluding hydrogens is 388 g/mol. The average molecular weight is 415 g/mol. The number of nitrogens with one attached hydrogen (secondary N) is 2. The molecule has 0 fully saturated rings. The smallest absolute Gasteiger partial charge is 0.338 e. The topological polar surface area (TPSA) is 103 Å². The summed E-state index contributed by atoms with van der Waals surface area (Å²) >= 11 is 6.21. The average Bonchev–Trinajstić information content (AvgIpc) is 2.59. The summed E-state index contributed by atoms with van der Waals surface area (Å²) in [4.78, 5) is 35.3. The number of ether oxygens (including phenoxy) is 3. The van der Waals surface area contributed by atoms with Crippen molar-refractivity contribution in [2.45, 2.75) is 40.2 Å². The van der Waals surface area contributed by atoms with E-state index < -0.39 is 24.5 Å². The van der Waals surface area contributed by atoms with E-state index in [0.717, 1.165) is 6.42 Å². The molecule has 8 nitrogen and oxygen atoms in total. The maximum atomic E-state index is 12.2. The fourth-order valence-electron chi connectivity index (χ4n) is 2.05. The molecule has 0 aliphatic heterocycles. The lowest BCUT2D eigenvalue weighted by Gasteiger charge is -2.15. The Kier molecular flexibility index (Phi) is 9.58. The lowest BCUT2D eigenvalue weighted by atomic mass is 10.1. The van der Waals surface area contributed by atoms with Gasteiger partial charge in [-0.15, -0.1) is 0 Å². The van der Waals surface area contributed by atoms with E-state index in [0.29, 0.717) is 18.3 Å². The van der Waals surface area contributed by atoms with Gasteiger partial charge >= 0.3 is 12.0 Å². The van der Waals surface area contributed by atoms with Gasteiger partial charge in [-0.2, -0.15) is 0 Å². The van der Waals surface area contributed by atoms with Crippen LogP contribution in [-0.2, 0) is 9.53 Å². The van der Waals surface area contributed by atoms with Crippen molar-refractivity contribution in [1.29, 1.82) is 0 Å². The highest BCUT2D eigenvalue weighted by Gasteiger charge is 2.18. The van der Waals surface area contributed by atoms with Gasteiger partial charge in [-0.05, 0) is 38.3 Å². The van der Waals surface area contributed by atoms with E-state index in [1.807, 2.05) is 0 Å². The molecule has 0 aliphatic rings. The first-order chi connectivity index (χ1) is 13.1. The molecule has 0 heterocycles. The van der Waals surface area contributed by atoms with Crippen LogP contribution >= 0.6 is 11.6 Å². The van der Waals surface area contributed by atoms with Gasteiger partial charge in [-0.1, -0.05) is 25.4 Å². The summed E-state index contributed by atoms with van der Waals surface area (Å²) in [5, 5.41) is 4.73. The molecule has 28 heavy (non-hydrogen) atoms. The van der Waals surface area contributed by atoms with E-state index in [1.54, 1.807) is 13.8 Å². The van der Waals surface area contributed by atoms with Crippen molar-refractivity contribution < 1.29 is 28.6 Å². The highest BCUT2D eigenvalue weighted by atomic mass is 35.5. The zero-order chi connectivity index (χ0) is 21.3. The van der Waals surface area contributed by atoms with E-state index in [1.165, 1.54) is 19.2 Å². The van der Waals surface area contributed by atoms with Crippen molar-refractivity contribution in [2.24, 2.45) is 5.92 Å². The molecule has 2 N–H and O–H groups in total. The van der Waals surface area contributed by atoms with Crippen LogP contribution < -0.4 is 20.1 Å². The Balaban J connectivity index is 2.71. The van der Waals surface area contributed by atoms with Gasteiger partial charge in [0.05, 0.1) is 24.3 Å². The van der Waals surface area contributed by atoms with Crippen LogP contribution in [0.1, 0.15) is 44.5 Å². The number of esters is 1. The molecule has 0 spiro atoms. The number of halogens is 1. The third kappa shape index (κ3) is 8.04. The van der Waals surface area contributed by atoms with Crippen LogP contribution in [0.25, 0.3) is 0 Å². The van der Waals surface area contributed by atoms with Crippen molar-refractivity contribution in [1.82, 2.24) is 10.6 Å². The highest BCUT2D eigenvalue weighted by molar-refractivity contribution is 6.32. The first-order valence-electron chi connectivity index (χ1n) is 8.91. The van der Waals surface area contributed by atoms with Gasteiger partial charge in [0.25, 0.3) is 5.91 Å². The van der Waals surface area contributed by atoms with Crippen molar-refractivity contribution >= 4 is 29.5 Å². The number of imide groups is 1. The van der Waals surface area contributed by atoms with Gasteiger partial charge in [0.1, 0.15) is 0 Å². The molecule has 0 saturated carbocycles. The number of hydrogen-bond acceptors (Lipinski definition) is 6. The number of methoxy groups -OCH3 is 1. The molecule has 0 atom stereocenters. The fraction of sp³-hybridized carbons (Fsp3) is 0.526. The quantitative estimate of drug-likeness (QED) is 0.601. The van der Waals surface area contributed by atoms with Crippen LogP contribution in [0.4, 0.5) is 4.79 Å². The second kappa shape index (κ2) is 11.4. The molecule has 156 valence electrons. The molecule has 0 aliphatic carbocycles. The summed E-state index contributed by atoms with van der Waals surface area (Å²) in [6, 6.07) is 2.00. The van der Waals surface area contributed by atoms with Crippen molar-refractivity contribution in [3.8, 4) is 11.5 Å². The van der Waals surface area contributed by atoms with Gasteiger partial charge in [0, 0.05) is 6.04 Å². The fourth-order valence-corrected chi connectivity index (χ4v) is 2.32.